The Kier molecular flexibility index (Phi) is 6.46. The number of carbonyl (C=O) groups excluding carboxylic acids is 1. The Morgan fingerprint density at radius 1 is 1.26 bits per heavy atom. The van der Waals surface area contributed by atoms with Crippen LogP contribution in [0.3, 0.4) is 0 Å². The number of anilines is 2. The Morgan fingerprint density at radius 3 is 2.97 bits per heavy atom. The third-order valence-corrected chi connectivity index (χ3v) is 6.56. The molecule has 1 aliphatic carbocycles. The minimum absolute atomic E-state index is 0.00370. The molecular formula is C26H24ClFN6O. The minimum atomic E-state index is -0.622. The molecule has 35 heavy (non-hydrogen) atoms. The number of nitrogen functional groups attached to an aromatic ring is 1. The van der Waals surface area contributed by atoms with Gasteiger partial charge in [-0.05, 0) is 49.4 Å². The van der Waals surface area contributed by atoms with E-state index in [4.69, 9.17) is 22.3 Å². The monoisotopic (exact) mass is 490 g/mol. The van der Waals surface area contributed by atoms with Gasteiger partial charge in [-0.2, -0.15) is 0 Å². The maximum Gasteiger partial charge on any atom is 0.276 e. The Labute approximate surface area is 206 Å². The number of rotatable bonds is 5. The Morgan fingerprint density at radius 2 is 2.11 bits per heavy atom. The minimum Gasteiger partial charge on any atom is -0.396 e. The van der Waals surface area contributed by atoms with Crippen molar-refractivity contribution in [1.82, 2.24) is 15.0 Å². The van der Waals surface area contributed by atoms with Gasteiger partial charge in [0.1, 0.15) is 5.82 Å². The second kappa shape index (κ2) is 9.84. The van der Waals surface area contributed by atoms with E-state index in [9.17, 15) is 9.18 Å². The average molecular weight is 491 g/mol. The number of carbonyl (C=O) groups is 1. The van der Waals surface area contributed by atoms with Gasteiger partial charge in [0.25, 0.3) is 5.91 Å². The quantitative estimate of drug-likeness (QED) is 0.239. The molecule has 0 spiro atoms. The molecule has 2 atom stereocenters. The number of nitrogens with one attached hydrogen (secondary N) is 2. The lowest BCUT2D eigenvalue weighted by Crippen LogP contribution is -2.29. The van der Waals surface area contributed by atoms with Gasteiger partial charge in [0.05, 0.1) is 22.6 Å². The Balaban J connectivity index is 1.28. The van der Waals surface area contributed by atoms with E-state index in [2.05, 4.69) is 20.3 Å². The zero-order chi connectivity index (χ0) is 24.4. The molecule has 0 aliphatic heterocycles. The van der Waals surface area contributed by atoms with Crippen LogP contribution in [0.4, 0.5) is 16.0 Å². The largest absolute Gasteiger partial charge is 0.396 e. The van der Waals surface area contributed by atoms with Crippen molar-refractivity contribution in [2.75, 3.05) is 11.1 Å². The predicted octanol–water partition coefficient (Wildman–Crippen LogP) is 5.88. The maximum absolute atomic E-state index is 13.7. The molecule has 1 unspecified atom stereocenters. The van der Waals surface area contributed by atoms with Crippen LogP contribution in [-0.4, -0.2) is 33.1 Å². The lowest BCUT2D eigenvalue weighted by molar-refractivity contribution is 0.100. The van der Waals surface area contributed by atoms with Crippen LogP contribution in [0, 0.1) is 11.7 Å². The fourth-order valence-corrected chi connectivity index (χ4v) is 4.67. The number of hydrogen-bond donors (Lipinski definition) is 3. The molecule has 0 bridgehead atoms. The van der Waals surface area contributed by atoms with Gasteiger partial charge in [-0.15, -0.1) is 0 Å². The normalized spacial score (nSPS) is 18.2. The number of nitrogens with zero attached hydrogens (tertiary/aromatic N) is 3. The van der Waals surface area contributed by atoms with Gasteiger partial charge in [-0.1, -0.05) is 36.2 Å². The van der Waals surface area contributed by atoms with Crippen molar-refractivity contribution >= 4 is 46.3 Å². The molecule has 2 aromatic carbocycles. The van der Waals surface area contributed by atoms with Crippen LogP contribution in [0.25, 0.3) is 22.2 Å². The Hall–Kier alpha value is -3.78. The highest BCUT2D eigenvalue weighted by molar-refractivity contribution is 6.33. The Bertz CT molecular complexity index is 1420. The SMILES string of the molecule is Nc1ccc(C(=O)N=CC2CCC[C@@H](Nc3ncc(Cl)c(-c4c[nH]c5ccccc45)n3)C2)cc1F. The van der Waals surface area contributed by atoms with Gasteiger partial charge in [0, 0.05) is 40.5 Å². The number of fused-ring (bicyclic) bond motifs is 1. The van der Waals surface area contributed by atoms with E-state index in [0.29, 0.717) is 16.7 Å². The number of amides is 1. The summed E-state index contributed by atoms with van der Waals surface area (Å²) in [6.45, 7) is 0. The molecule has 0 radical (unpaired) electrons. The maximum atomic E-state index is 13.7. The predicted molar refractivity (Wildman–Crippen MR) is 137 cm³/mol. The second-order valence-electron chi connectivity index (χ2n) is 8.73. The zero-order valence-corrected chi connectivity index (χ0v) is 19.6. The fourth-order valence-electron chi connectivity index (χ4n) is 4.48. The van der Waals surface area contributed by atoms with E-state index < -0.39 is 11.7 Å². The van der Waals surface area contributed by atoms with E-state index in [1.165, 1.54) is 12.1 Å². The van der Waals surface area contributed by atoms with Crippen molar-refractivity contribution < 1.29 is 9.18 Å². The summed E-state index contributed by atoms with van der Waals surface area (Å²) >= 11 is 6.45. The van der Waals surface area contributed by atoms with Crippen LogP contribution in [0.5, 0.6) is 0 Å². The summed E-state index contributed by atoms with van der Waals surface area (Å²) in [6, 6.07) is 12.1. The number of nitrogens with two attached hydrogens (primary N) is 1. The van der Waals surface area contributed by atoms with Crippen LogP contribution in [0.15, 0.2) is 59.9 Å². The van der Waals surface area contributed by atoms with Crippen LogP contribution >= 0.6 is 11.6 Å². The molecule has 5 rings (SSSR count). The zero-order valence-electron chi connectivity index (χ0n) is 18.8. The number of aromatic amines is 1. The number of aromatic nitrogens is 3. The highest BCUT2D eigenvalue weighted by atomic mass is 35.5. The average Bonchev–Trinajstić information content (AvgIpc) is 3.30. The van der Waals surface area contributed by atoms with Crippen LogP contribution in [0.2, 0.25) is 5.02 Å². The van der Waals surface area contributed by atoms with Crippen LogP contribution in [0.1, 0.15) is 36.0 Å². The first-order valence-corrected chi connectivity index (χ1v) is 11.8. The van der Waals surface area contributed by atoms with Gasteiger partial charge in [0.2, 0.25) is 5.95 Å². The summed E-state index contributed by atoms with van der Waals surface area (Å²) in [5.74, 6) is -0.485. The van der Waals surface area contributed by atoms with Crippen molar-refractivity contribution in [3.8, 4) is 11.3 Å². The molecule has 178 valence electrons. The third kappa shape index (κ3) is 5.02. The first-order chi connectivity index (χ1) is 17.0. The van der Waals surface area contributed by atoms with E-state index in [-0.39, 0.29) is 23.2 Å². The molecule has 1 saturated carbocycles. The summed E-state index contributed by atoms with van der Waals surface area (Å²) < 4.78 is 13.7. The van der Waals surface area contributed by atoms with E-state index in [1.54, 1.807) is 12.4 Å². The second-order valence-corrected chi connectivity index (χ2v) is 9.13. The molecule has 4 aromatic rings. The third-order valence-electron chi connectivity index (χ3n) is 6.29. The van der Waals surface area contributed by atoms with Gasteiger partial charge in [-0.3, -0.25) is 4.79 Å². The summed E-state index contributed by atoms with van der Waals surface area (Å²) in [7, 11) is 0. The van der Waals surface area contributed by atoms with Crippen molar-refractivity contribution in [3.63, 3.8) is 0 Å². The molecule has 9 heteroatoms. The standard InChI is InChI=1S/C26H24ClFN6O/c27-20-14-32-26(34-24(20)19-13-30-23-7-2-1-6-18(19)23)33-17-5-3-4-15(10-17)12-31-25(35)16-8-9-22(29)21(28)11-16/h1-2,6-9,11-15,17,30H,3-5,10,29H2,(H,32,33,34)/t15?,17-/m1/s1. The van der Waals surface area contributed by atoms with Crippen molar-refractivity contribution in [2.24, 2.45) is 10.9 Å². The lowest BCUT2D eigenvalue weighted by Gasteiger charge is -2.27. The number of benzene rings is 2. The molecule has 1 fully saturated rings. The number of halogens is 2. The molecule has 1 amide bonds. The van der Waals surface area contributed by atoms with Gasteiger partial charge in [0.15, 0.2) is 0 Å². The molecular weight excluding hydrogens is 467 g/mol. The van der Waals surface area contributed by atoms with Crippen LogP contribution in [-0.2, 0) is 0 Å². The van der Waals surface area contributed by atoms with Crippen LogP contribution < -0.4 is 11.1 Å². The van der Waals surface area contributed by atoms with Crippen molar-refractivity contribution in [1.29, 1.82) is 0 Å². The summed E-state index contributed by atoms with van der Waals surface area (Å²) in [6.07, 6.45) is 8.82. The first kappa shape index (κ1) is 23.0. The molecule has 7 nitrogen and oxygen atoms in total. The lowest BCUT2D eigenvalue weighted by atomic mass is 9.86. The van der Waals surface area contributed by atoms with Gasteiger partial charge in [-0.25, -0.2) is 19.4 Å². The summed E-state index contributed by atoms with van der Waals surface area (Å²) in [5.41, 5.74) is 8.25. The number of hydrogen-bond acceptors (Lipinski definition) is 5. The first-order valence-electron chi connectivity index (χ1n) is 11.5. The molecule has 2 aromatic heterocycles. The molecule has 2 heterocycles. The summed E-state index contributed by atoms with van der Waals surface area (Å²) in [5, 5.41) is 4.94. The fraction of sp³-hybridized carbons (Fsp3) is 0.231. The number of para-hydroxylation sites is 1. The number of aliphatic imine (C=N–C) groups is 1. The van der Waals surface area contributed by atoms with E-state index in [1.807, 2.05) is 30.5 Å². The summed E-state index contributed by atoms with van der Waals surface area (Å²) in [4.78, 5) is 28.7. The van der Waals surface area contributed by atoms with Crippen molar-refractivity contribution in [2.45, 2.75) is 31.7 Å². The smallest absolute Gasteiger partial charge is 0.276 e. The molecule has 1 aliphatic rings. The van der Waals surface area contributed by atoms with Crippen molar-refractivity contribution in [3.05, 3.63) is 71.3 Å². The highest BCUT2D eigenvalue weighted by Crippen LogP contribution is 2.33. The van der Waals surface area contributed by atoms with E-state index in [0.717, 1.165) is 48.2 Å². The van der Waals surface area contributed by atoms with Gasteiger partial charge >= 0.3 is 0 Å². The number of H-pyrrole nitrogens is 1. The highest BCUT2D eigenvalue weighted by Gasteiger charge is 2.22. The molecule has 4 N–H and O–H groups in total. The topological polar surface area (TPSA) is 109 Å². The van der Waals surface area contributed by atoms with E-state index >= 15 is 0 Å². The molecule has 0 saturated heterocycles. The van der Waals surface area contributed by atoms with Gasteiger partial charge < -0.3 is 16.0 Å².